The number of nitrogens with zero attached hydrogens (tertiary/aromatic N) is 1. The Labute approximate surface area is 250 Å². The van der Waals surface area contributed by atoms with Crippen LogP contribution in [-0.2, 0) is 16.2 Å². The number of imide groups is 1. The van der Waals surface area contributed by atoms with Gasteiger partial charge in [0, 0.05) is 16.0 Å². The molecule has 9 heteroatoms. The molecule has 2 bridgehead atoms. The van der Waals surface area contributed by atoms with Crippen LogP contribution in [0.1, 0.15) is 28.3 Å². The van der Waals surface area contributed by atoms with Gasteiger partial charge in [-0.05, 0) is 71.7 Å². The molecule has 7 nitrogen and oxygen atoms in total. The molecular weight excluding hydrogens is 569 g/mol. The van der Waals surface area contributed by atoms with Crippen LogP contribution in [0.25, 0.3) is 0 Å². The molecule has 2 aliphatic carbocycles. The van der Waals surface area contributed by atoms with Crippen molar-refractivity contribution in [2.24, 2.45) is 29.6 Å². The lowest BCUT2D eigenvalue weighted by Gasteiger charge is -2.43. The van der Waals surface area contributed by atoms with E-state index in [0.29, 0.717) is 18.0 Å². The predicted molar refractivity (Wildman–Crippen MR) is 161 cm³/mol. The summed E-state index contributed by atoms with van der Waals surface area (Å²) in [6, 6.07) is 25.4. The van der Waals surface area contributed by atoms with Gasteiger partial charge in [0.1, 0.15) is 18.1 Å². The van der Waals surface area contributed by atoms with Gasteiger partial charge in [0.25, 0.3) is 0 Å². The summed E-state index contributed by atoms with van der Waals surface area (Å²) in [6.07, 6.45) is 0.861. The predicted octanol–water partition coefficient (Wildman–Crippen LogP) is 5.70. The van der Waals surface area contributed by atoms with Gasteiger partial charge in [-0.25, -0.2) is 0 Å². The molecule has 8 rings (SSSR count). The summed E-state index contributed by atoms with van der Waals surface area (Å²) in [5.41, 5.74) is 2.81. The highest BCUT2D eigenvalue weighted by Gasteiger charge is 2.69. The minimum atomic E-state index is -0.334. The maximum atomic E-state index is 13.9. The maximum Gasteiger partial charge on any atom is 0.305 e. The average molecular weight is 597 g/mol. The third-order valence-electron chi connectivity index (χ3n) is 9.54. The molecule has 0 radical (unpaired) electrons. The highest BCUT2D eigenvalue weighted by atomic mass is 32.2. The second-order valence-corrected chi connectivity index (χ2v) is 13.7. The van der Waals surface area contributed by atoms with Gasteiger partial charge in [-0.3, -0.25) is 19.3 Å². The lowest BCUT2D eigenvalue weighted by atomic mass is 9.68. The average Bonchev–Trinajstić information content (AvgIpc) is 3.76. The van der Waals surface area contributed by atoms with E-state index in [4.69, 9.17) is 9.47 Å². The van der Waals surface area contributed by atoms with E-state index >= 15 is 0 Å². The first-order chi connectivity index (χ1) is 20.5. The monoisotopic (exact) mass is 596 g/mol. The number of rotatable bonds is 6. The second kappa shape index (κ2) is 9.88. The number of anilines is 1. The minimum Gasteiger partial charge on any atom is -0.497 e. The second-order valence-electron chi connectivity index (χ2n) is 11.5. The van der Waals surface area contributed by atoms with E-state index in [0.717, 1.165) is 33.2 Å². The molecule has 1 N–H and O–H groups in total. The van der Waals surface area contributed by atoms with Crippen LogP contribution in [0.15, 0.2) is 88.7 Å². The Kier molecular flexibility index (Phi) is 6.08. The van der Waals surface area contributed by atoms with E-state index in [1.807, 2.05) is 42.5 Å². The molecule has 212 valence electrons. The molecule has 42 heavy (non-hydrogen) atoms. The van der Waals surface area contributed by atoms with E-state index in [9.17, 15) is 14.4 Å². The first kappa shape index (κ1) is 25.9. The topological polar surface area (TPSA) is 88.7 Å². The molecule has 2 aliphatic heterocycles. The van der Waals surface area contributed by atoms with Gasteiger partial charge in [0.05, 0.1) is 29.7 Å². The molecule has 0 unspecified atom stereocenters. The Balaban J connectivity index is 1.12. The summed E-state index contributed by atoms with van der Waals surface area (Å²) >= 11 is 2.98. The normalized spacial score (nSPS) is 28.9. The van der Waals surface area contributed by atoms with Crippen molar-refractivity contribution in [1.82, 2.24) is 4.98 Å². The molecule has 3 heterocycles. The fourth-order valence-electron chi connectivity index (χ4n) is 7.89. The van der Waals surface area contributed by atoms with Gasteiger partial charge in [0.15, 0.2) is 0 Å². The highest BCUT2D eigenvalue weighted by Crippen LogP contribution is 2.68. The number of benzene rings is 3. The van der Waals surface area contributed by atoms with Crippen molar-refractivity contribution in [3.05, 3.63) is 105 Å². The number of H-pyrrole nitrogens is 1. The van der Waals surface area contributed by atoms with Gasteiger partial charge in [0.2, 0.25) is 11.8 Å². The Morgan fingerprint density at radius 2 is 1.55 bits per heavy atom. The third-order valence-corrected chi connectivity index (χ3v) is 12.1. The Morgan fingerprint density at radius 3 is 2.26 bits per heavy atom. The molecule has 2 amide bonds. The first-order valence-corrected chi connectivity index (χ1v) is 15.9. The van der Waals surface area contributed by atoms with E-state index in [1.54, 1.807) is 43.1 Å². The van der Waals surface area contributed by atoms with Gasteiger partial charge in [-0.1, -0.05) is 53.8 Å². The van der Waals surface area contributed by atoms with E-state index in [-0.39, 0.29) is 57.4 Å². The van der Waals surface area contributed by atoms with Crippen molar-refractivity contribution in [1.29, 1.82) is 0 Å². The Morgan fingerprint density at radius 1 is 0.857 bits per heavy atom. The number of hydrogen-bond acceptors (Lipinski definition) is 7. The molecule has 3 fully saturated rings. The van der Waals surface area contributed by atoms with Crippen LogP contribution < -0.4 is 19.2 Å². The van der Waals surface area contributed by atoms with Crippen molar-refractivity contribution in [2.75, 3.05) is 12.0 Å². The quantitative estimate of drug-likeness (QED) is 0.287. The van der Waals surface area contributed by atoms with Crippen molar-refractivity contribution < 1.29 is 19.1 Å². The molecule has 1 aromatic heterocycles. The van der Waals surface area contributed by atoms with Gasteiger partial charge in [-0.15, -0.1) is 11.8 Å². The summed E-state index contributed by atoms with van der Waals surface area (Å²) < 4.78 is 11.3. The van der Waals surface area contributed by atoms with Crippen LogP contribution in [-0.4, -0.2) is 29.2 Å². The highest BCUT2D eigenvalue weighted by molar-refractivity contribution is 8.00. The van der Waals surface area contributed by atoms with Crippen molar-refractivity contribution >= 4 is 40.6 Å². The van der Waals surface area contributed by atoms with Crippen LogP contribution >= 0.6 is 23.1 Å². The number of carbonyl (C=O) groups is 2. The van der Waals surface area contributed by atoms with Crippen LogP contribution in [0.3, 0.4) is 0 Å². The van der Waals surface area contributed by atoms with Crippen molar-refractivity contribution in [2.45, 2.75) is 29.2 Å². The molecule has 7 atom stereocenters. The van der Waals surface area contributed by atoms with Gasteiger partial charge >= 0.3 is 4.87 Å². The third kappa shape index (κ3) is 3.90. The molecule has 4 aliphatic rings. The van der Waals surface area contributed by atoms with Gasteiger partial charge in [-0.2, -0.15) is 0 Å². The maximum absolute atomic E-state index is 13.9. The number of aromatic nitrogens is 1. The van der Waals surface area contributed by atoms with Crippen LogP contribution in [0.5, 0.6) is 11.5 Å². The molecular formula is C33H28N2O5S2. The van der Waals surface area contributed by atoms with Crippen molar-refractivity contribution in [3.63, 3.8) is 0 Å². The Hall–Kier alpha value is -3.82. The van der Waals surface area contributed by atoms with Crippen LogP contribution in [0.4, 0.5) is 5.69 Å². The summed E-state index contributed by atoms with van der Waals surface area (Å²) in [5, 5.41) is 1.06. The Bertz CT molecular complexity index is 1730. The van der Waals surface area contributed by atoms with E-state index < -0.39 is 0 Å². The number of methoxy groups -OCH3 is 1. The standard InChI is InChI=1S/C33H28N2O5S2/c1-39-20-13-9-19(10-14-20)35-31(36)26-22-15-23(27(26)32(35)37)28-25(22)24(29-30(41-28)34-33(38)42-29)18-7-11-21(12-8-18)40-16-17-5-3-2-4-6-17/h2-14,22-28H,15-16H2,1H3,(H,34,38)/t22-,23-,24+,25+,26+,27+,28-/m1/s1. The van der Waals surface area contributed by atoms with Crippen LogP contribution in [0, 0.1) is 29.6 Å². The summed E-state index contributed by atoms with van der Waals surface area (Å²) in [7, 11) is 1.59. The molecule has 3 aromatic carbocycles. The van der Waals surface area contributed by atoms with E-state index in [1.165, 1.54) is 16.2 Å². The fraction of sp³-hybridized carbons (Fsp3) is 0.303. The first-order valence-electron chi connectivity index (χ1n) is 14.2. The number of ether oxygens (including phenoxy) is 2. The zero-order valence-electron chi connectivity index (χ0n) is 22.8. The van der Waals surface area contributed by atoms with Crippen molar-refractivity contribution in [3.8, 4) is 11.5 Å². The minimum absolute atomic E-state index is 0.0211. The smallest absolute Gasteiger partial charge is 0.305 e. The van der Waals surface area contributed by atoms with E-state index in [2.05, 4.69) is 17.1 Å². The number of thioether (sulfide) groups is 1. The number of nitrogens with one attached hydrogen (secondary N) is 1. The number of thiazole rings is 1. The molecule has 0 spiro atoms. The fourth-order valence-corrected chi connectivity index (χ4v) is 10.8. The summed E-state index contributed by atoms with van der Waals surface area (Å²) in [4.78, 5) is 45.8. The number of carbonyl (C=O) groups excluding carboxylic acids is 2. The molecule has 2 saturated carbocycles. The zero-order chi connectivity index (χ0) is 28.5. The lowest BCUT2D eigenvalue weighted by Crippen LogP contribution is -2.42. The summed E-state index contributed by atoms with van der Waals surface area (Å²) in [5.74, 6) is 0.913. The number of aromatic amines is 1. The molecule has 4 aromatic rings. The summed E-state index contributed by atoms with van der Waals surface area (Å²) in [6.45, 7) is 0.488. The van der Waals surface area contributed by atoms with Gasteiger partial charge < -0.3 is 14.5 Å². The SMILES string of the molecule is COc1ccc(N2C(=O)[C@H]3[C@H]4C[C@@H]([C@@H]3C2=O)[C@H]2[C@H](c3ccc(OCc5ccccc5)cc3)c3sc(=O)[nH]c3S[C@H]42)cc1. The largest absolute Gasteiger partial charge is 0.497 e. The lowest BCUT2D eigenvalue weighted by molar-refractivity contribution is -0.123. The molecule has 1 saturated heterocycles. The van der Waals surface area contributed by atoms with Crippen LogP contribution in [0.2, 0.25) is 0 Å². The number of fused-ring (bicyclic) bond motifs is 9. The zero-order valence-corrected chi connectivity index (χ0v) is 24.4. The number of amides is 2. The number of hydrogen-bond donors (Lipinski definition) is 1.